The number of imidazole rings is 1. The molecule has 2 aromatic rings. The van der Waals surface area contributed by atoms with E-state index in [1.165, 1.54) is 6.33 Å². The highest BCUT2D eigenvalue weighted by atomic mass is 16.3. The van der Waals surface area contributed by atoms with E-state index in [1.54, 1.807) is 10.8 Å². The summed E-state index contributed by atoms with van der Waals surface area (Å²) in [5.74, 6) is 0.602. The van der Waals surface area contributed by atoms with E-state index in [0.717, 1.165) is 5.65 Å². The van der Waals surface area contributed by atoms with Crippen LogP contribution in [-0.4, -0.2) is 24.6 Å². The van der Waals surface area contributed by atoms with Gasteiger partial charge in [-0.1, -0.05) is 0 Å². The number of aliphatic hydroxyl groups is 1. The zero-order chi connectivity index (χ0) is 8.55. The third-order valence-electron chi connectivity index (χ3n) is 1.77. The maximum atomic E-state index is 8.89. The molecule has 1 N–H and O–H groups in total. The van der Waals surface area contributed by atoms with Gasteiger partial charge in [-0.15, -0.1) is 0 Å². The smallest absolute Gasteiger partial charge is 0.163 e. The van der Waals surface area contributed by atoms with Gasteiger partial charge < -0.3 is 9.67 Å². The lowest BCUT2D eigenvalue weighted by Crippen LogP contribution is -1.97. The normalized spacial score (nSPS) is 10.8. The van der Waals surface area contributed by atoms with E-state index in [4.69, 9.17) is 5.11 Å². The van der Waals surface area contributed by atoms with Crippen molar-refractivity contribution in [3.63, 3.8) is 0 Å². The van der Waals surface area contributed by atoms with Crippen LogP contribution in [-0.2, 0) is 13.7 Å². The van der Waals surface area contributed by atoms with Crippen LogP contribution in [0, 0.1) is 0 Å². The summed E-state index contributed by atoms with van der Waals surface area (Å²) < 4.78 is 1.75. The lowest BCUT2D eigenvalue weighted by Gasteiger charge is -1.95. The zero-order valence-electron chi connectivity index (χ0n) is 6.60. The summed E-state index contributed by atoms with van der Waals surface area (Å²) in [5, 5.41) is 8.89. The van der Waals surface area contributed by atoms with Crippen LogP contribution in [0.2, 0.25) is 0 Å². The Labute approximate surface area is 68.7 Å². The van der Waals surface area contributed by atoms with Gasteiger partial charge in [0.2, 0.25) is 0 Å². The minimum absolute atomic E-state index is 0.0765. The van der Waals surface area contributed by atoms with Crippen molar-refractivity contribution < 1.29 is 5.11 Å². The maximum absolute atomic E-state index is 8.89. The van der Waals surface area contributed by atoms with Crippen LogP contribution in [0.5, 0.6) is 0 Å². The summed E-state index contributed by atoms with van der Waals surface area (Å²) in [4.78, 5) is 12.0. The Morgan fingerprint density at radius 1 is 1.58 bits per heavy atom. The number of fused-ring (bicyclic) bond motifs is 1. The summed E-state index contributed by atoms with van der Waals surface area (Å²) in [6, 6.07) is 0. The van der Waals surface area contributed by atoms with Crippen LogP contribution in [0.3, 0.4) is 0 Å². The number of nitrogens with zero attached hydrogens (tertiary/aromatic N) is 4. The van der Waals surface area contributed by atoms with Gasteiger partial charge >= 0.3 is 0 Å². The predicted molar refractivity (Wildman–Crippen MR) is 42.2 cm³/mol. The fourth-order valence-electron chi connectivity index (χ4n) is 1.13. The molecule has 5 heteroatoms. The minimum atomic E-state index is -0.0765. The van der Waals surface area contributed by atoms with E-state index in [0.29, 0.717) is 11.3 Å². The third kappa shape index (κ3) is 0.868. The van der Waals surface area contributed by atoms with Crippen molar-refractivity contribution in [1.82, 2.24) is 19.5 Å². The number of aromatic nitrogens is 4. The molecule has 0 fully saturated rings. The third-order valence-corrected chi connectivity index (χ3v) is 1.77. The molecule has 0 unspecified atom stereocenters. The van der Waals surface area contributed by atoms with E-state index in [1.807, 2.05) is 7.05 Å². The summed E-state index contributed by atoms with van der Waals surface area (Å²) in [6.07, 6.45) is 3.09. The molecule has 0 bridgehead atoms. The molecule has 0 aliphatic heterocycles. The Kier molecular flexibility index (Phi) is 1.51. The molecular weight excluding hydrogens is 156 g/mol. The second-order valence-corrected chi connectivity index (χ2v) is 2.48. The van der Waals surface area contributed by atoms with Crippen molar-refractivity contribution in [1.29, 1.82) is 0 Å². The molecule has 0 aliphatic carbocycles. The quantitative estimate of drug-likeness (QED) is 0.637. The summed E-state index contributed by atoms with van der Waals surface area (Å²) >= 11 is 0. The van der Waals surface area contributed by atoms with Gasteiger partial charge in [-0.3, -0.25) is 0 Å². The number of rotatable bonds is 1. The molecule has 2 rings (SSSR count). The van der Waals surface area contributed by atoms with Crippen molar-refractivity contribution in [2.75, 3.05) is 0 Å². The summed E-state index contributed by atoms with van der Waals surface area (Å²) in [5.41, 5.74) is 1.46. The van der Waals surface area contributed by atoms with Gasteiger partial charge in [0.05, 0.1) is 6.20 Å². The monoisotopic (exact) mass is 164 g/mol. The van der Waals surface area contributed by atoms with E-state index < -0.39 is 0 Å². The SMILES string of the molecule is Cn1c(CO)nc2cncnc21. The van der Waals surface area contributed by atoms with E-state index >= 15 is 0 Å². The van der Waals surface area contributed by atoms with Crippen molar-refractivity contribution in [2.45, 2.75) is 6.61 Å². The average molecular weight is 164 g/mol. The molecule has 0 saturated carbocycles. The van der Waals surface area contributed by atoms with Crippen molar-refractivity contribution >= 4 is 11.2 Å². The molecule has 62 valence electrons. The predicted octanol–water partition coefficient (Wildman–Crippen LogP) is -0.144. The van der Waals surface area contributed by atoms with Gasteiger partial charge in [-0.2, -0.15) is 0 Å². The topological polar surface area (TPSA) is 63.8 Å². The fraction of sp³-hybridized carbons (Fsp3) is 0.286. The lowest BCUT2D eigenvalue weighted by atomic mass is 10.6. The first-order chi connectivity index (χ1) is 5.83. The van der Waals surface area contributed by atoms with Crippen LogP contribution in [0.15, 0.2) is 12.5 Å². The van der Waals surface area contributed by atoms with Gasteiger partial charge in [0, 0.05) is 7.05 Å². The van der Waals surface area contributed by atoms with Gasteiger partial charge in [-0.25, -0.2) is 15.0 Å². The number of hydrogen-bond acceptors (Lipinski definition) is 4. The van der Waals surface area contributed by atoms with Crippen molar-refractivity contribution in [3.05, 3.63) is 18.3 Å². The van der Waals surface area contributed by atoms with E-state index in [-0.39, 0.29) is 6.61 Å². The van der Waals surface area contributed by atoms with Crippen molar-refractivity contribution in [3.8, 4) is 0 Å². The Hall–Kier alpha value is -1.49. The van der Waals surface area contributed by atoms with Crippen LogP contribution in [0.1, 0.15) is 5.82 Å². The molecule has 0 spiro atoms. The van der Waals surface area contributed by atoms with Crippen LogP contribution in [0.4, 0.5) is 0 Å². The standard InChI is InChI=1S/C7H8N4O/c1-11-6(3-12)10-5-2-8-4-9-7(5)11/h2,4,12H,3H2,1H3. The van der Waals surface area contributed by atoms with Gasteiger partial charge in [0.25, 0.3) is 0 Å². The fourth-order valence-corrected chi connectivity index (χ4v) is 1.13. The maximum Gasteiger partial charge on any atom is 0.163 e. The minimum Gasteiger partial charge on any atom is -0.388 e. The molecule has 0 amide bonds. The number of aliphatic hydroxyl groups excluding tert-OH is 1. The van der Waals surface area contributed by atoms with E-state index in [9.17, 15) is 0 Å². The highest BCUT2D eigenvalue weighted by Gasteiger charge is 2.06. The number of hydrogen-bond donors (Lipinski definition) is 1. The van der Waals surface area contributed by atoms with E-state index in [2.05, 4.69) is 15.0 Å². The Bertz CT molecular complexity index is 409. The lowest BCUT2D eigenvalue weighted by molar-refractivity contribution is 0.268. The average Bonchev–Trinajstić information content (AvgIpc) is 2.44. The molecule has 2 heterocycles. The van der Waals surface area contributed by atoms with Gasteiger partial charge in [0.1, 0.15) is 24.3 Å². The Morgan fingerprint density at radius 2 is 2.42 bits per heavy atom. The number of aryl methyl sites for hydroxylation is 1. The highest BCUT2D eigenvalue weighted by Crippen LogP contribution is 2.09. The first-order valence-corrected chi connectivity index (χ1v) is 3.55. The van der Waals surface area contributed by atoms with Crippen LogP contribution >= 0.6 is 0 Å². The zero-order valence-corrected chi connectivity index (χ0v) is 6.60. The highest BCUT2D eigenvalue weighted by molar-refractivity contribution is 5.69. The summed E-state index contributed by atoms with van der Waals surface area (Å²) in [6.45, 7) is -0.0765. The molecule has 12 heavy (non-hydrogen) atoms. The van der Waals surface area contributed by atoms with Crippen LogP contribution < -0.4 is 0 Å². The Balaban J connectivity index is 2.78. The molecule has 5 nitrogen and oxygen atoms in total. The second-order valence-electron chi connectivity index (χ2n) is 2.48. The first-order valence-electron chi connectivity index (χ1n) is 3.55. The summed E-state index contributed by atoms with van der Waals surface area (Å²) in [7, 11) is 1.81. The molecule has 0 saturated heterocycles. The second kappa shape index (κ2) is 2.53. The molecule has 0 aliphatic rings. The van der Waals surface area contributed by atoms with Crippen molar-refractivity contribution in [2.24, 2.45) is 7.05 Å². The molecule has 0 radical (unpaired) electrons. The molecule has 0 atom stereocenters. The van der Waals surface area contributed by atoms with Gasteiger partial charge in [-0.05, 0) is 0 Å². The first kappa shape index (κ1) is 7.17. The Morgan fingerprint density at radius 3 is 3.08 bits per heavy atom. The van der Waals surface area contributed by atoms with Gasteiger partial charge in [0.15, 0.2) is 5.65 Å². The molecule has 0 aromatic carbocycles. The van der Waals surface area contributed by atoms with Crippen LogP contribution in [0.25, 0.3) is 11.2 Å². The molecule has 2 aromatic heterocycles. The molecular formula is C7H8N4O. The largest absolute Gasteiger partial charge is 0.388 e.